The van der Waals surface area contributed by atoms with Gasteiger partial charge in [0.25, 0.3) is 0 Å². The molecule has 96 valence electrons. The van der Waals surface area contributed by atoms with Gasteiger partial charge in [0, 0.05) is 17.5 Å². The molecule has 1 aromatic heterocycles. The molecule has 17 heavy (non-hydrogen) atoms. The van der Waals surface area contributed by atoms with Crippen LogP contribution in [-0.2, 0) is 10.2 Å². The second-order valence-corrected chi connectivity index (χ2v) is 5.72. The molecule has 0 aromatic carbocycles. The summed E-state index contributed by atoms with van der Waals surface area (Å²) in [6, 6.07) is 4.30. The Labute approximate surface area is 108 Å². The van der Waals surface area contributed by atoms with Crippen LogP contribution in [0.5, 0.6) is 0 Å². The lowest BCUT2D eigenvalue weighted by atomic mass is 9.90. The lowest BCUT2D eigenvalue weighted by Crippen LogP contribution is -2.45. The second kappa shape index (κ2) is 6.17. The summed E-state index contributed by atoms with van der Waals surface area (Å²) >= 11 is 1.63. The molecule has 1 atom stereocenters. The molecule has 0 saturated heterocycles. The molecule has 2 N–H and O–H groups in total. The van der Waals surface area contributed by atoms with E-state index in [0.717, 1.165) is 11.4 Å². The molecule has 1 rings (SSSR count). The molecular weight excluding hydrogens is 232 g/mol. The van der Waals surface area contributed by atoms with E-state index in [1.165, 1.54) is 0 Å². The molecule has 0 radical (unpaired) electrons. The Morgan fingerprint density at radius 3 is 2.76 bits per heavy atom. The van der Waals surface area contributed by atoms with E-state index in [0.29, 0.717) is 12.6 Å². The zero-order valence-electron chi connectivity index (χ0n) is 11.0. The third kappa shape index (κ3) is 3.82. The minimum atomic E-state index is -0.444. The molecule has 4 heteroatoms. The largest absolute Gasteiger partial charge is 0.354 e. The van der Waals surface area contributed by atoms with Crippen LogP contribution in [0.3, 0.4) is 0 Å². The van der Waals surface area contributed by atoms with Crippen LogP contribution in [0.25, 0.3) is 0 Å². The number of nitrogens with one attached hydrogen (secondary N) is 2. The first kappa shape index (κ1) is 14.2. The first-order chi connectivity index (χ1) is 7.98. The molecule has 0 saturated carbocycles. The van der Waals surface area contributed by atoms with E-state index in [1.54, 1.807) is 11.3 Å². The van der Waals surface area contributed by atoms with Crippen LogP contribution in [0, 0.1) is 0 Å². The highest BCUT2D eigenvalue weighted by Gasteiger charge is 2.30. The van der Waals surface area contributed by atoms with Crippen LogP contribution in [0.4, 0.5) is 0 Å². The van der Waals surface area contributed by atoms with Crippen LogP contribution in [0.1, 0.15) is 32.6 Å². The summed E-state index contributed by atoms with van der Waals surface area (Å²) in [5.74, 6) is 0.0877. The van der Waals surface area contributed by atoms with Crippen LogP contribution < -0.4 is 10.6 Å². The summed E-state index contributed by atoms with van der Waals surface area (Å²) in [5.41, 5.74) is -0.444. The minimum Gasteiger partial charge on any atom is -0.354 e. The third-order valence-corrected chi connectivity index (χ3v) is 4.02. The smallest absolute Gasteiger partial charge is 0.230 e. The zero-order chi connectivity index (χ0) is 12.9. The maximum Gasteiger partial charge on any atom is 0.230 e. The Morgan fingerprint density at radius 2 is 2.24 bits per heavy atom. The summed E-state index contributed by atoms with van der Waals surface area (Å²) in [6.07, 6.45) is 0. The van der Waals surface area contributed by atoms with E-state index in [9.17, 15) is 4.79 Å². The van der Waals surface area contributed by atoms with Crippen molar-refractivity contribution in [2.75, 3.05) is 13.1 Å². The molecule has 0 spiro atoms. The van der Waals surface area contributed by atoms with Gasteiger partial charge in [0.15, 0.2) is 0 Å². The van der Waals surface area contributed by atoms with E-state index < -0.39 is 5.41 Å². The van der Waals surface area contributed by atoms with E-state index in [2.05, 4.69) is 24.5 Å². The number of carbonyl (C=O) groups is 1. The van der Waals surface area contributed by atoms with Crippen molar-refractivity contribution < 1.29 is 4.79 Å². The fraction of sp³-hybridized carbons (Fsp3) is 0.615. The van der Waals surface area contributed by atoms with Crippen molar-refractivity contribution in [2.45, 2.75) is 39.2 Å². The van der Waals surface area contributed by atoms with Crippen molar-refractivity contribution in [3.05, 3.63) is 22.4 Å². The zero-order valence-corrected chi connectivity index (χ0v) is 11.9. The first-order valence-electron chi connectivity index (χ1n) is 6.04. The summed E-state index contributed by atoms with van der Waals surface area (Å²) in [4.78, 5) is 13.2. The molecule has 3 nitrogen and oxygen atoms in total. The Morgan fingerprint density at radius 1 is 1.53 bits per heavy atom. The fourth-order valence-electron chi connectivity index (χ4n) is 1.63. The number of amides is 1. The van der Waals surface area contributed by atoms with E-state index in [1.807, 2.05) is 31.4 Å². The average molecular weight is 254 g/mol. The van der Waals surface area contributed by atoms with Crippen molar-refractivity contribution >= 4 is 17.2 Å². The van der Waals surface area contributed by atoms with Gasteiger partial charge >= 0.3 is 0 Å². The molecule has 0 aliphatic heterocycles. The van der Waals surface area contributed by atoms with Gasteiger partial charge in [-0.2, -0.15) is 0 Å². The number of hydrogen-bond donors (Lipinski definition) is 2. The van der Waals surface area contributed by atoms with E-state index in [4.69, 9.17) is 0 Å². The third-order valence-electron chi connectivity index (χ3n) is 2.83. The Hall–Kier alpha value is -0.870. The van der Waals surface area contributed by atoms with Gasteiger partial charge in [-0.25, -0.2) is 0 Å². The van der Waals surface area contributed by atoms with Crippen LogP contribution in [0.15, 0.2) is 17.5 Å². The van der Waals surface area contributed by atoms with Gasteiger partial charge in [0.1, 0.15) is 0 Å². The molecule has 0 aliphatic carbocycles. The van der Waals surface area contributed by atoms with Gasteiger partial charge in [-0.05, 0) is 38.8 Å². The van der Waals surface area contributed by atoms with Crippen molar-refractivity contribution in [2.24, 2.45) is 0 Å². The average Bonchev–Trinajstić information content (AvgIpc) is 2.80. The molecule has 1 amide bonds. The Balaban J connectivity index is 2.52. The topological polar surface area (TPSA) is 41.1 Å². The van der Waals surface area contributed by atoms with Gasteiger partial charge < -0.3 is 10.6 Å². The molecule has 0 fully saturated rings. The van der Waals surface area contributed by atoms with Crippen LogP contribution >= 0.6 is 11.3 Å². The molecule has 0 unspecified atom stereocenters. The molecule has 0 aliphatic rings. The highest BCUT2D eigenvalue weighted by atomic mass is 32.1. The van der Waals surface area contributed by atoms with Gasteiger partial charge in [-0.3, -0.25) is 4.79 Å². The second-order valence-electron chi connectivity index (χ2n) is 4.77. The van der Waals surface area contributed by atoms with Crippen molar-refractivity contribution in [3.8, 4) is 0 Å². The quantitative estimate of drug-likeness (QED) is 0.816. The van der Waals surface area contributed by atoms with Crippen molar-refractivity contribution in [1.29, 1.82) is 0 Å². The summed E-state index contributed by atoms with van der Waals surface area (Å²) in [5, 5.41) is 8.28. The SMILES string of the molecule is CCN[C@H](C)CNC(=O)C(C)(C)c1cccs1. The van der Waals surface area contributed by atoms with Gasteiger partial charge in [0.05, 0.1) is 5.41 Å². The normalized spacial score (nSPS) is 13.4. The fourth-order valence-corrected chi connectivity index (χ4v) is 2.48. The monoisotopic (exact) mass is 254 g/mol. The summed E-state index contributed by atoms with van der Waals surface area (Å²) < 4.78 is 0. The summed E-state index contributed by atoms with van der Waals surface area (Å²) in [7, 11) is 0. The van der Waals surface area contributed by atoms with Crippen LogP contribution in [-0.4, -0.2) is 25.0 Å². The molecule has 1 aromatic rings. The highest BCUT2D eigenvalue weighted by Crippen LogP contribution is 2.27. The maximum atomic E-state index is 12.1. The van der Waals surface area contributed by atoms with Crippen LogP contribution in [0.2, 0.25) is 0 Å². The lowest BCUT2D eigenvalue weighted by molar-refractivity contribution is -0.125. The first-order valence-corrected chi connectivity index (χ1v) is 6.92. The van der Waals surface area contributed by atoms with E-state index >= 15 is 0 Å². The van der Waals surface area contributed by atoms with Crippen molar-refractivity contribution in [3.63, 3.8) is 0 Å². The van der Waals surface area contributed by atoms with Gasteiger partial charge in [-0.15, -0.1) is 11.3 Å². The molecule has 1 heterocycles. The number of thiophene rings is 1. The minimum absolute atomic E-state index is 0.0877. The standard InChI is InChI=1S/C13H22N2OS/c1-5-14-10(2)9-15-12(16)13(3,4)11-7-6-8-17-11/h6-8,10,14H,5,9H2,1-4H3,(H,15,16)/t10-/m1/s1. The Bertz CT molecular complexity index is 346. The highest BCUT2D eigenvalue weighted by molar-refractivity contribution is 7.10. The number of rotatable bonds is 6. The Kier molecular flexibility index (Phi) is 5.15. The van der Waals surface area contributed by atoms with Gasteiger partial charge in [-0.1, -0.05) is 13.0 Å². The predicted octanol–water partition coefficient (Wildman–Crippen LogP) is 2.14. The summed E-state index contributed by atoms with van der Waals surface area (Å²) in [6.45, 7) is 9.65. The van der Waals surface area contributed by atoms with E-state index in [-0.39, 0.29) is 5.91 Å². The number of likely N-dealkylation sites (N-methyl/N-ethyl adjacent to an activating group) is 1. The predicted molar refractivity (Wildman–Crippen MR) is 73.5 cm³/mol. The maximum absolute atomic E-state index is 12.1. The lowest BCUT2D eigenvalue weighted by Gasteiger charge is -2.23. The number of carbonyl (C=O) groups excluding carboxylic acids is 1. The van der Waals surface area contributed by atoms with Crippen molar-refractivity contribution in [1.82, 2.24) is 10.6 Å². The molecular formula is C13H22N2OS. The molecule has 0 bridgehead atoms. The number of hydrogen-bond acceptors (Lipinski definition) is 3. The van der Waals surface area contributed by atoms with Gasteiger partial charge in [0.2, 0.25) is 5.91 Å².